The first-order valence-electron chi connectivity index (χ1n) is 7.61. The molecule has 8 heteroatoms. The lowest BCUT2D eigenvalue weighted by Gasteiger charge is -2.28. The maximum atomic E-state index is 11.7. The molecule has 2 heterocycles. The number of hydrogen-bond acceptors (Lipinski definition) is 6. The van der Waals surface area contributed by atoms with Crippen molar-refractivity contribution in [3.63, 3.8) is 0 Å². The highest BCUT2D eigenvalue weighted by Gasteiger charge is 2.23. The van der Waals surface area contributed by atoms with Gasteiger partial charge in [-0.1, -0.05) is 0 Å². The largest absolute Gasteiger partial charge is 0.356 e. The smallest absolute Gasteiger partial charge is 0.243 e. The molecule has 0 atom stereocenters. The summed E-state index contributed by atoms with van der Waals surface area (Å²) in [6.45, 7) is 5.61. The van der Waals surface area contributed by atoms with Crippen LogP contribution in [0.4, 0.5) is 17.6 Å². The highest BCUT2D eigenvalue weighted by molar-refractivity contribution is 6.12. The number of amides is 3. The third-order valence-electron chi connectivity index (χ3n) is 3.51. The Hall–Kier alpha value is -2.51. The monoisotopic (exact) mass is 319 g/mol. The van der Waals surface area contributed by atoms with Crippen molar-refractivity contribution in [2.24, 2.45) is 0 Å². The summed E-state index contributed by atoms with van der Waals surface area (Å²) in [5, 5.41) is 2.59. The molecule has 1 aromatic rings. The number of aromatic nitrogens is 2. The molecule has 1 aliphatic rings. The minimum absolute atomic E-state index is 0.0168. The number of nitrogens with zero attached hydrogens (tertiary/aromatic N) is 4. The molecule has 1 N–H and O–H groups in total. The van der Waals surface area contributed by atoms with Crippen LogP contribution < -0.4 is 15.1 Å². The van der Waals surface area contributed by atoms with Crippen LogP contribution in [0.1, 0.15) is 40.0 Å². The summed E-state index contributed by atoms with van der Waals surface area (Å²) in [6, 6.07) is 1.66. The van der Waals surface area contributed by atoms with Crippen molar-refractivity contribution in [1.29, 1.82) is 0 Å². The second kappa shape index (κ2) is 7.17. The Morgan fingerprint density at radius 2 is 1.65 bits per heavy atom. The maximum absolute atomic E-state index is 11.7. The molecule has 3 amide bonds. The first-order chi connectivity index (χ1) is 10.9. The number of rotatable bonds is 3. The van der Waals surface area contributed by atoms with Gasteiger partial charge in [0.15, 0.2) is 0 Å². The molecule has 0 saturated carbocycles. The minimum Gasteiger partial charge on any atom is -0.356 e. The molecule has 0 aromatic carbocycles. The molecule has 0 spiro atoms. The van der Waals surface area contributed by atoms with E-state index in [0.717, 1.165) is 30.8 Å². The molecule has 1 fully saturated rings. The Balaban J connectivity index is 2.45. The van der Waals surface area contributed by atoms with Crippen LogP contribution >= 0.6 is 0 Å². The van der Waals surface area contributed by atoms with E-state index >= 15 is 0 Å². The van der Waals surface area contributed by atoms with Crippen molar-refractivity contribution < 1.29 is 14.4 Å². The van der Waals surface area contributed by atoms with Gasteiger partial charge in [0.1, 0.15) is 11.6 Å². The molecule has 1 aliphatic heterocycles. The summed E-state index contributed by atoms with van der Waals surface area (Å²) in [5.41, 5.74) is 0. The third-order valence-corrected chi connectivity index (χ3v) is 3.51. The molecule has 1 saturated heterocycles. The zero-order valence-corrected chi connectivity index (χ0v) is 13.6. The van der Waals surface area contributed by atoms with E-state index < -0.39 is 11.8 Å². The van der Waals surface area contributed by atoms with Crippen LogP contribution in [-0.2, 0) is 14.4 Å². The highest BCUT2D eigenvalue weighted by atomic mass is 16.2. The fourth-order valence-corrected chi connectivity index (χ4v) is 2.55. The molecule has 0 radical (unpaired) electrons. The van der Waals surface area contributed by atoms with E-state index in [-0.39, 0.29) is 17.7 Å². The van der Waals surface area contributed by atoms with Gasteiger partial charge in [-0.2, -0.15) is 9.97 Å². The van der Waals surface area contributed by atoms with E-state index in [9.17, 15) is 14.4 Å². The first-order valence-corrected chi connectivity index (χ1v) is 7.61. The van der Waals surface area contributed by atoms with Gasteiger partial charge in [0.2, 0.25) is 23.7 Å². The second-order valence-electron chi connectivity index (χ2n) is 5.51. The zero-order valence-electron chi connectivity index (χ0n) is 13.6. The fourth-order valence-electron chi connectivity index (χ4n) is 2.55. The number of piperidine rings is 1. The summed E-state index contributed by atoms with van der Waals surface area (Å²) < 4.78 is 0. The zero-order chi connectivity index (χ0) is 17.0. The van der Waals surface area contributed by atoms with E-state index in [2.05, 4.69) is 20.2 Å². The predicted octanol–water partition coefficient (Wildman–Crippen LogP) is 1.32. The van der Waals surface area contributed by atoms with Crippen LogP contribution in [-0.4, -0.2) is 40.8 Å². The minimum atomic E-state index is -0.470. The van der Waals surface area contributed by atoms with Crippen molar-refractivity contribution >= 4 is 35.3 Å². The van der Waals surface area contributed by atoms with Crippen LogP contribution in [0.2, 0.25) is 0 Å². The second-order valence-corrected chi connectivity index (χ2v) is 5.51. The number of anilines is 3. The molecular formula is C15H21N5O3. The van der Waals surface area contributed by atoms with Crippen molar-refractivity contribution in [2.75, 3.05) is 28.2 Å². The van der Waals surface area contributed by atoms with Crippen LogP contribution in [0.15, 0.2) is 6.07 Å². The fraction of sp³-hybridized carbons (Fsp3) is 0.533. The molecule has 0 aliphatic carbocycles. The summed E-state index contributed by atoms with van der Waals surface area (Å²) in [6.07, 6.45) is 3.27. The lowest BCUT2D eigenvalue weighted by atomic mass is 10.1. The number of carbonyl (C=O) groups is 3. The number of hydrogen-bond donors (Lipinski definition) is 1. The lowest BCUT2D eigenvalue weighted by Crippen LogP contribution is -2.36. The van der Waals surface area contributed by atoms with Crippen molar-refractivity contribution in [3.05, 3.63) is 6.07 Å². The highest BCUT2D eigenvalue weighted by Crippen LogP contribution is 2.23. The van der Waals surface area contributed by atoms with Gasteiger partial charge >= 0.3 is 0 Å². The van der Waals surface area contributed by atoms with E-state index in [1.807, 2.05) is 0 Å². The first kappa shape index (κ1) is 16.9. The van der Waals surface area contributed by atoms with Gasteiger partial charge in [-0.15, -0.1) is 0 Å². The van der Waals surface area contributed by atoms with Crippen molar-refractivity contribution in [3.8, 4) is 0 Å². The normalized spacial score (nSPS) is 14.3. The number of imide groups is 1. The quantitative estimate of drug-likeness (QED) is 0.903. The topological polar surface area (TPSA) is 95.5 Å². The SMILES string of the molecule is CC(=O)Nc1cc(N2CCCCC2)nc(N(C(C)=O)C(C)=O)n1. The summed E-state index contributed by atoms with van der Waals surface area (Å²) in [7, 11) is 0. The van der Waals surface area contributed by atoms with Gasteiger partial charge < -0.3 is 10.2 Å². The molecule has 23 heavy (non-hydrogen) atoms. The predicted molar refractivity (Wildman–Crippen MR) is 86.2 cm³/mol. The molecule has 2 rings (SSSR count). The maximum Gasteiger partial charge on any atom is 0.243 e. The summed E-state index contributed by atoms with van der Waals surface area (Å²) in [5.74, 6) is -0.362. The Morgan fingerprint density at radius 1 is 1.04 bits per heavy atom. The van der Waals surface area contributed by atoms with Gasteiger partial charge in [-0.3, -0.25) is 14.4 Å². The van der Waals surface area contributed by atoms with Gasteiger partial charge in [-0.25, -0.2) is 4.90 Å². The van der Waals surface area contributed by atoms with Crippen molar-refractivity contribution in [1.82, 2.24) is 9.97 Å². The molecule has 0 bridgehead atoms. The Kier molecular flexibility index (Phi) is 5.25. The summed E-state index contributed by atoms with van der Waals surface area (Å²) in [4.78, 5) is 46.2. The van der Waals surface area contributed by atoms with E-state index in [0.29, 0.717) is 5.82 Å². The Bertz CT molecular complexity index is 612. The number of nitrogens with one attached hydrogen (secondary N) is 1. The van der Waals surface area contributed by atoms with Gasteiger partial charge in [-0.05, 0) is 19.3 Å². The Morgan fingerprint density at radius 3 is 2.17 bits per heavy atom. The van der Waals surface area contributed by atoms with E-state index in [1.165, 1.54) is 27.2 Å². The van der Waals surface area contributed by atoms with Crippen molar-refractivity contribution in [2.45, 2.75) is 40.0 Å². The summed E-state index contributed by atoms with van der Waals surface area (Å²) >= 11 is 0. The van der Waals surface area contributed by atoms with Crippen LogP contribution in [0.5, 0.6) is 0 Å². The Labute approximate surface area is 134 Å². The van der Waals surface area contributed by atoms with E-state index in [4.69, 9.17) is 0 Å². The third kappa shape index (κ3) is 4.24. The molecule has 124 valence electrons. The van der Waals surface area contributed by atoms with Gasteiger partial charge in [0.25, 0.3) is 0 Å². The van der Waals surface area contributed by atoms with Crippen LogP contribution in [0.25, 0.3) is 0 Å². The number of carbonyl (C=O) groups excluding carboxylic acids is 3. The molecule has 0 unspecified atom stereocenters. The average Bonchev–Trinajstić information content (AvgIpc) is 2.46. The molecule has 1 aromatic heterocycles. The lowest BCUT2D eigenvalue weighted by molar-refractivity contribution is -0.124. The van der Waals surface area contributed by atoms with Crippen LogP contribution in [0.3, 0.4) is 0 Å². The van der Waals surface area contributed by atoms with Gasteiger partial charge in [0.05, 0.1) is 0 Å². The van der Waals surface area contributed by atoms with Gasteiger partial charge in [0, 0.05) is 39.9 Å². The molecule has 8 nitrogen and oxygen atoms in total. The standard InChI is InChI=1S/C15H21N5O3/c1-10(21)16-13-9-14(19-7-5-4-6-8-19)18-15(17-13)20(11(2)22)12(3)23/h9H,4-8H2,1-3H3,(H,16,17,18,21). The van der Waals surface area contributed by atoms with E-state index in [1.54, 1.807) is 6.07 Å². The molecular weight excluding hydrogens is 298 g/mol. The average molecular weight is 319 g/mol. The van der Waals surface area contributed by atoms with Crippen LogP contribution in [0, 0.1) is 0 Å².